The Morgan fingerprint density at radius 3 is 2.38 bits per heavy atom. The van der Waals surface area contributed by atoms with Crippen molar-refractivity contribution in [2.24, 2.45) is 35.0 Å². The Morgan fingerprint density at radius 1 is 1.10 bits per heavy atom. The fourth-order valence-electron chi connectivity index (χ4n) is 5.92. The highest BCUT2D eigenvalue weighted by molar-refractivity contribution is 5.17. The molecule has 0 bridgehead atoms. The molecule has 2 N–H and O–H groups in total. The lowest BCUT2D eigenvalue weighted by molar-refractivity contribution is -0.334. The van der Waals surface area contributed by atoms with Crippen molar-refractivity contribution >= 4 is 0 Å². The van der Waals surface area contributed by atoms with E-state index in [0.717, 1.165) is 26.1 Å². The van der Waals surface area contributed by atoms with Crippen LogP contribution < -0.4 is 0 Å². The molecule has 0 aromatic rings. The molecule has 4 aliphatic rings. The summed E-state index contributed by atoms with van der Waals surface area (Å²) >= 11 is 0. The molecule has 1 aliphatic heterocycles. The lowest BCUT2D eigenvalue weighted by Gasteiger charge is -2.47. The van der Waals surface area contributed by atoms with Gasteiger partial charge in [0.15, 0.2) is 5.79 Å². The molecule has 1 heterocycles. The second kappa shape index (κ2) is 4.22. The minimum absolute atomic E-state index is 0.0634. The van der Waals surface area contributed by atoms with Crippen LogP contribution in [-0.2, 0) is 9.47 Å². The van der Waals surface area contributed by atoms with E-state index in [9.17, 15) is 10.2 Å². The van der Waals surface area contributed by atoms with Crippen LogP contribution in [0.25, 0.3) is 0 Å². The fourth-order valence-corrected chi connectivity index (χ4v) is 5.92. The van der Waals surface area contributed by atoms with Gasteiger partial charge in [0.1, 0.15) is 0 Å². The molecule has 0 radical (unpaired) electrons. The summed E-state index contributed by atoms with van der Waals surface area (Å²) in [6.45, 7) is 7.91. The Morgan fingerprint density at radius 2 is 1.76 bits per heavy atom. The zero-order chi connectivity index (χ0) is 15.0. The molecule has 3 saturated carbocycles. The summed E-state index contributed by atoms with van der Waals surface area (Å²) in [5.74, 6) is 1.35. The van der Waals surface area contributed by atoms with Crippen LogP contribution in [-0.4, -0.2) is 41.4 Å². The van der Waals surface area contributed by atoms with Gasteiger partial charge in [0, 0.05) is 17.3 Å². The average molecular weight is 296 g/mol. The largest absolute Gasteiger partial charge is 0.393 e. The van der Waals surface area contributed by atoms with E-state index in [1.54, 1.807) is 0 Å². The van der Waals surface area contributed by atoms with Gasteiger partial charge in [-0.1, -0.05) is 20.8 Å². The normalized spacial score (nSPS) is 53.3. The predicted octanol–water partition coefficient (Wildman–Crippen LogP) is 1.79. The van der Waals surface area contributed by atoms with Gasteiger partial charge in [0.25, 0.3) is 0 Å². The molecule has 4 nitrogen and oxygen atoms in total. The molecule has 0 aromatic heterocycles. The lowest BCUT2D eigenvalue weighted by atomic mass is 9.84. The van der Waals surface area contributed by atoms with E-state index in [-0.39, 0.29) is 23.9 Å². The molecule has 3 aliphatic carbocycles. The van der Waals surface area contributed by atoms with Crippen LogP contribution in [0.4, 0.5) is 0 Å². The second-order valence-corrected chi connectivity index (χ2v) is 8.75. The zero-order valence-electron chi connectivity index (χ0n) is 13.3. The molecular formula is C17H28O4. The van der Waals surface area contributed by atoms with Crippen LogP contribution in [0.5, 0.6) is 0 Å². The number of hydrogen-bond donors (Lipinski definition) is 2. The average Bonchev–Trinajstić information content (AvgIpc) is 3.05. The van der Waals surface area contributed by atoms with Crippen LogP contribution in [0, 0.1) is 35.0 Å². The maximum Gasteiger partial charge on any atom is 0.174 e. The monoisotopic (exact) mass is 296 g/mol. The molecule has 0 aromatic carbocycles. The number of fused-ring (bicyclic) bond motifs is 1. The van der Waals surface area contributed by atoms with E-state index in [0.29, 0.717) is 24.2 Å². The Hall–Kier alpha value is -0.160. The number of aliphatic hydroxyl groups is 2. The van der Waals surface area contributed by atoms with E-state index in [2.05, 4.69) is 20.8 Å². The van der Waals surface area contributed by atoms with E-state index < -0.39 is 11.4 Å². The summed E-state index contributed by atoms with van der Waals surface area (Å²) in [4.78, 5) is 0. The predicted molar refractivity (Wildman–Crippen MR) is 77.4 cm³/mol. The van der Waals surface area contributed by atoms with Crippen LogP contribution in [0.2, 0.25) is 0 Å². The summed E-state index contributed by atoms with van der Waals surface area (Å²) < 4.78 is 12.7. The van der Waals surface area contributed by atoms with Crippen LogP contribution >= 0.6 is 0 Å². The summed E-state index contributed by atoms with van der Waals surface area (Å²) in [5, 5.41) is 20.5. The van der Waals surface area contributed by atoms with Gasteiger partial charge in [-0.2, -0.15) is 0 Å². The van der Waals surface area contributed by atoms with Crippen molar-refractivity contribution in [3.8, 4) is 0 Å². The van der Waals surface area contributed by atoms with E-state index in [1.807, 2.05) is 0 Å². The molecule has 4 rings (SSSR count). The molecule has 1 spiro atoms. The Kier molecular flexibility index (Phi) is 2.90. The highest BCUT2D eigenvalue weighted by Gasteiger charge is 2.72. The fraction of sp³-hybridized carbons (Fsp3) is 1.00. The standard InChI is InChI=1S/C17H28O4/c1-10-11-4-5-12-14(11)13(6-16(12,19)7-18)17(10)20-8-15(2,3)9-21-17/h10-14,18-19H,4-9H2,1-3H3/t10-,11-,12-,13-,14+,16+/m1/s1. The Bertz CT molecular complexity index is 438. The third kappa shape index (κ3) is 1.71. The van der Waals surface area contributed by atoms with Gasteiger partial charge in [0.2, 0.25) is 0 Å². The number of hydrogen-bond acceptors (Lipinski definition) is 4. The van der Waals surface area contributed by atoms with Crippen molar-refractivity contribution in [2.75, 3.05) is 19.8 Å². The third-order valence-corrected chi connectivity index (χ3v) is 6.94. The van der Waals surface area contributed by atoms with Crippen molar-refractivity contribution in [3.05, 3.63) is 0 Å². The van der Waals surface area contributed by atoms with Gasteiger partial charge in [-0.05, 0) is 37.0 Å². The SMILES string of the molecule is C[C@@H]1[C@H]2CC[C@@H]3[C@H]2[C@@H](C[C@]3(O)CO)C12OCC(C)(C)CO2. The minimum Gasteiger partial charge on any atom is -0.393 e. The summed E-state index contributed by atoms with van der Waals surface area (Å²) in [5.41, 5.74) is -0.856. The highest BCUT2D eigenvalue weighted by atomic mass is 16.7. The van der Waals surface area contributed by atoms with Crippen molar-refractivity contribution in [1.29, 1.82) is 0 Å². The number of aliphatic hydroxyl groups excluding tert-OH is 1. The minimum atomic E-state index is -0.920. The molecule has 0 amide bonds. The van der Waals surface area contributed by atoms with Crippen molar-refractivity contribution in [3.63, 3.8) is 0 Å². The first-order valence-corrected chi connectivity index (χ1v) is 8.44. The topological polar surface area (TPSA) is 58.9 Å². The number of ether oxygens (including phenoxy) is 2. The van der Waals surface area contributed by atoms with Gasteiger partial charge in [-0.3, -0.25) is 0 Å². The molecule has 4 heteroatoms. The van der Waals surface area contributed by atoms with E-state index in [1.165, 1.54) is 0 Å². The lowest BCUT2D eigenvalue weighted by Crippen LogP contribution is -2.54. The molecule has 1 saturated heterocycles. The second-order valence-electron chi connectivity index (χ2n) is 8.75. The molecule has 6 atom stereocenters. The van der Waals surface area contributed by atoms with Crippen molar-refractivity contribution in [1.82, 2.24) is 0 Å². The van der Waals surface area contributed by atoms with E-state index in [4.69, 9.17) is 9.47 Å². The first kappa shape index (κ1) is 14.4. The van der Waals surface area contributed by atoms with Gasteiger partial charge in [-0.25, -0.2) is 0 Å². The van der Waals surface area contributed by atoms with Crippen molar-refractivity contribution in [2.45, 2.75) is 51.4 Å². The Labute approximate surface area is 126 Å². The summed E-state index contributed by atoms with van der Waals surface area (Å²) in [6, 6.07) is 0. The van der Waals surface area contributed by atoms with E-state index >= 15 is 0 Å². The molecule has 4 fully saturated rings. The summed E-state index contributed by atoms with van der Waals surface area (Å²) in [7, 11) is 0. The first-order chi connectivity index (χ1) is 9.83. The molecular weight excluding hydrogens is 268 g/mol. The van der Waals surface area contributed by atoms with Gasteiger partial charge < -0.3 is 19.7 Å². The summed E-state index contributed by atoms with van der Waals surface area (Å²) in [6.07, 6.45) is 2.79. The van der Waals surface area contributed by atoms with Gasteiger partial charge in [0.05, 0.1) is 25.4 Å². The van der Waals surface area contributed by atoms with Crippen molar-refractivity contribution < 1.29 is 19.7 Å². The van der Waals surface area contributed by atoms with Crippen LogP contribution in [0.1, 0.15) is 40.0 Å². The van der Waals surface area contributed by atoms with Gasteiger partial charge >= 0.3 is 0 Å². The molecule has 120 valence electrons. The maximum absolute atomic E-state index is 10.8. The maximum atomic E-state index is 10.8. The number of rotatable bonds is 1. The van der Waals surface area contributed by atoms with Crippen LogP contribution in [0.15, 0.2) is 0 Å². The molecule has 0 unspecified atom stereocenters. The first-order valence-electron chi connectivity index (χ1n) is 8.44. The Balaban J connectivity index is 1.68. The molecule has 21 heavy (non-hydrogen) atoms. The third-order valence-electron chi connectivity index (χ3n) is 6.94. The van der Waals surface area contributed by atoms with Crippen LogP contribution in [0.3, 0.4) is 0 Å². The van der Waals surface area contributed by atoms with Gasteiger partial charge in [-0.15, -0.1) is 0 Å². The highest BCUT2D eigenvalue weighted by Crippen LogP contribution is 2.68. The smallest absolute Gasteiger partial charge is 0.174 e. The quantitative estimate of drug-likeness (QED) is 0.774. The zero-order valence-corrected chi connectivity index (χ0v) is 13.3.